The van der Waals surface area contributed by atoms with Crippen molar-refractivity contribution in [1.29, 1.82) is 0 Å². The van der Waals surface area contributed by atoms with Crippen molar-refractivity contribution in [2.75, 3.05) is 5.01 Å². The molecule has 0 saturated carbocycles. The second-order valence-electron chi connectivity index (χ2n) is 6.84. The lowest BCUT2D eigenvalue weighted by Crippen LogP contribution is -2.21. The molecule has 150 valence electrons. The minimum atomic E-state index is -1.04. The molecule has 1 amide bonds. The Hall–Kier alpha value is -4.20. The second kappa shape index (κ2) is 7.32. The number of carboxylic acid groups (broad SMARTS) is 1. The van der Waals surface area contributed by atoms with Crippen LogP contribution in [0.5, 0.6) is 0 Å². The Bertz CT molecular complexity index is 1260. The highest BCUT2D eigenvalue weighted by Gasteiger charge is 2.29. The van der Waals surface area contributed by atoms with Crippen molar-refractivity contribution >= 4 is 29.4 Å². The Morgan fingerprint density at radius 2 is 1.67 bits per heavy atom. The van der Waals surface area contributed by atoms with Crippen molar-refractivity contribution in [3.05, 3.63) is 87.3 Å². The molecule has 0 bridgehead atoms. The van der Waals surface area contributed by atoms with E-state index in [-0.39, 0.29) is 17.0 Å². The molecule has 0 radical (unpaired) electrons. The molecule has 0 atom stereocenters. The van der Waals surface area contributed by atoms with Gasteiger partial charge in [-0.2, -0.15) is 10.1 Å². The highest BCUT2D eigenvalue weighted by Crippen LogP contribution is 2.24. The van der Waals surface area contributed by atoms with Crippen LogP contribution in [0.4, 0.5) is 5.69 Å². The number of para-hydroxylation sites is 1. The zero-order valence-electron chi connectivity index (χ0n) is 16.3. The predicted molar refractivity (Wildman–Crippen MR) is 113 cm³/mol. The average molecular weight is 402 g/mol. The van der Waals surface area contributed by atoms with Crippen molar-refractivity contribution in [3.8, 4) is 5.69 Å². The van der Waals surface area contributed by atoms with Gasteiger partial charge < -0.3 is 5.11 Å². The first-order valence-corrected chi connectivity index (χ1v) is 9.19. The summed E-state index contributed by atoms with van der Waals surface area (Å²) in [6, 6.07) is 15.0. The molecule has 2 aromatic carbocycles. The van der Waals surface area contributed by atoms with Crippen molar-refractivity contribution in [3.63, 3.8) is 0 Å². The molecule has 0 saturated heterocycles. The van der Waals surface area contributed by atoms with Crippen LogP contribution in [0.2, 0.25) is 0 Å². The van der Waals surface area contributed by atoms with Gasteiger partial charge in [0.25, 0.3) is 11.5 Å². The van der Waals surface area contributed by atoms with Gasteiger partial charge in [0.1, 0.15) is 0 Å². The zero-order valence-corrected chi connectivity index (χ0v) is 16.3. The summed E-state index contributed by atoms with van der Waals surface area (Å²) in [6.07, 6.45) is 1.54. The number of hydrazone groups is 1. The molecule has 8 heteroatoms. The van der Waals surface area contributed by atoms with Gasteiger partial charge in [0, 0.05) is 5.69 Å². The topological polar surface area (TPSA) is 108 Å². The van der Waals surface area contributed by atoms with Crippen LogP contribution >= 0.6 is 0 Å². The Labute approximate surface area is 171 Å². The highest BCUT2D eigenvalue weighted by molar-refractivity contribution is 6.32. The van der Waals surface area contributed by atoms with Crippen LogP contribution in [0, 0.1) is 6.92 Å². The minimum Gasteiger partial charge on any atom is -0.478 e. The fraction of sp³-hybridized carbons (Fsp3) is 0.0909. The largest absolute Gasteiger partial charge is 0.478 e. The molecule has 3 aromatic rings. The summed E-state index contributed by atoms with van der Waals surface area (Å²) in [4.78, 5) is 36.9. The lowest BCUT2D eigenvalue weighted by Gasteiger charge is -2.10. The maximum absolute atomic E-state index is 13.0. The number of nitrogens with one attached hydrogen (secondary N) is 1. The first-order chi connectivity index (χ1) is 14.4. The van der Waals surface area contributed by atoms with E-state index in [0.29, 0.717) is 33.9 Å². The molecule has 4 rings (SSSR count). The van der Waals surface area contributed by atoms with E-state index in [1.165, 1.54) is 21.8 Å². The van der Waals surface area contributed by atoms with Crippen molar-refractivity contribution < 1.29 is 14.7 Å². The van der Waals surface area contributed by atoms with Gasteiger partial charge in [-0.25, -0.2) is 9.48 Å². The molecule has 1 aliphatic heterocycles. The molecule has 8 nitrogen and oxygen atoms in total. The van der Waals surface area contributed by atoms with Gasteiger partial charge in [-0.1, -0.05) is 18.2 Å². The number of aromatic nitrogens is 2. The number of carbonyl (C=O) groups is 2. The first-order valence-electron chi connectivity index (χ1n) is 9.19. The number of carbonyl (C=O) groups excluding carboxylic acids is 1. The molecule has 0 unspecified atom stereocenters. The number of H-pyrrole nitrogens is 1. The van der Waals surface area contributed by atoms with Crippen LogP contribution in [0.15, 0.2) is 70.1 Å². The number of hydrogen-bond acceptors (Lipinski definition) is 4. The zero-order chi connectivity index (χ0) is 21.4. The van der Waals surface area contributed by atoms with Crippen LogP contribution < -0.4 is 10.6 Å². The van der Waals surface area contributed by atoms with E-state index in [1.54, 1.807) is 44.2 Å². The third kappa shape index (κ3) is 3.24. The number of aryl methyl sites for hydroxylation is 1. The number of rotatable bonds is 4. The molecular weight excluding hydrogens is 384 g/mol. The number of hydrogen-bond donors (Lipinski definition) is 2. The molecule has 0 fully saturated rings. The lowest BCUT2D eigenvalue weighted by molar-refractivity contribution is -0.114. The number of nitrogens with zero attached hydrogens (tertiary/aromatic N) is 3. The quantitative estimate of drug-likeness (QED) is 0.654. The van der Waals surface area contributed by atoms with Gasteiger partial charge in [0.05, 0.1) is 33.8 Å². The monoisotopic (exact) mass is 402 g/mol. The fourth-order valence-electron chi connectivity index (χ4n) is 3.24. The Balaban J connectivity index is 1.71. The van der Waals surface area contributed by atoms with Crippen LogP contribution in [-0.4, -0.2) is 32.5 Å². The Kier molecular flexibility index (Phi) is 4.67. The van der Waals surface area contributed by atoms with Gasteiger partial charge in [0.15, 0.2) is 0 Å². The third-order valence-corrected chi connectivity index (χ3v) is 4.84. The standard InChI is InChI=1S/C22H18N4O4/c1-13-18(20(27)25(23-13)16-6-4-3-5-7-16)12-19-14(2)24-26(21(19)28)17-10-8-15(9-11-17)22(29)30/h3-12,24H,1-2H3,(H,29,30)/b18-12+. The van der Waals surface area contributed by atoms with Gasteiger partial charge >= 0.3 is 5.97 Å². The molecule has 30 heavy (non-hydrogen) atoms. The summed E-state index contributed by atoms with van der Waals surface area (Å²) in [5, 5.41) is 17.6. The molecule has 1 aromatic heterocycles. The van der Waals surface area contributed by atoms with E-state index in [0.717, 1.165) is 0 Å². The fourth-order valence-corrected chi connectivity index (χ4v) is 3.24. The van der Waals surface area contributed by atoms with E-state index in [1.807, 2.05) is 18.2 Å². The lowest BCUT2D eigenvalue weighted by atomic mass is 10.1. The van der Waals surface area contributed by atoms with Crippen molar-refractivity contribution in [2.45, 2.75) is 13.8 Å². The highest BCUT2D eigenvalue weighted by atomic mass is 16.4. The van der Waals surface area contributed by atoms with Gasteiger partial charge in [0.2, 0.25) is 0 Å². The van der Waals surface area contributed by atoms with Crippen molar-refractivity contribution in [2.24, 2.45) is 5.10 Å². The van der Waals surface area contributed by atoms with E-state index in [4.69, 9.17) is 5.11 Å². The van der Waals surface area contributed by atoms with Crippen LogP contribution in [-0.2, 0) is 4.79 Å². The average Bonchev–Trinajstić information content (AvgIpc) is 3.19. The maximum atomic E-state index is 13.0. The van der Waals surface area contributed by atoms with Crippen molar-refractivity contribution in [1.82, 2.24) is 9.78 Å². The molecule has 2 N–H and O–H groups in total. The Morgan fingerprint density at radius 3 is 2.30 bits per heavy atom. The number of aromatic carboxylic acids is 1. The summed E-state index contributed by atoms with van der Waals surface area (Å²) < 4.78 is 1.31. The van der Waals surface area contributed by atoms with Crippen LogP contribution in [0.1, 0.15) is 28.5 Å². The first kappa shape index (κ1) is 19.1. The molecule has 1 aliphatic rings. The number of amides is 1. The van der Waals surface area contributed by atoms with E-state index in [2.05, 4.69) is 10.2 Å². The third-order valence-electron chi connectivity index (χ3n) is 4.84. The summed E-state index contributed by atoms with van der Waals surface area (Å²) in [5.74, 6) is -1.35. The number of carboxylic acids is 1. The molecule has 2 heterocycles. The smallest absolute Gasteiger partial charge is 0.335 e. The Morgan fingerprint density at radius 1 is 1.00 bits per heavy atom. The van der Waals surface area contributed by atoms with Crippen LogP contribution in [0.25, 0.3) is 11.8 Å². The summed E-state index contributed by atoms with van der Waals surface area (Å²) >= 11 is 0. The molecular formula is C22H18N4O4. The van der Waals surface area contributed by atoms with E-state index < -0.39 is 5.97 Å². The van der Waals surface area contributed by atoms with Crippen LogP contribution in [0.3, 0.4) is 0 Å². The molecule has 0 aliphatic carbocycles. The number of benzene rings is 2. The second-order valence-corrected chi connectivity index (χ2v) is 6.84. The number of anilines is 1. The minimum absolute atomic E-state index is 0.127. The summed E-state index contributed by atoms with van der Waals surface area (Å²) in [7, 11) is 0. The SMILES string of the molecule is CC1=NN(c2ccccc2)C(=O)/C1=C/c1c(C)[nH]n(-c2ccc(C(=O)O)cc2)c1=O. The number of aromatic amines is 1. The van der Waals surface area contributed by atoms with E-state index >= 15 is 0 Å². The maximum Gasteiger partial charge on any atom is 0.335 e. The van der Waals surface area contributed by atoms with E-state index in [9.17, 15) is 14.4 Å². The summed E-state index contributed by atoms with van der Waals surface area (Å²) in [6.45, 7) is 3.45. The van der Waals surface area contributed by atoms with Gasteiger partial charge in [-0.15, -0.1) is 0 Å². The van der Waals surface area contributed by atoms with Gasteiger partial charge in [-0.3, -0.25) is 14.7 Å². The normalized spacial score (nSPS) is 15.0. The predicted octanol–water partition coefficient (Wildman–Crippen LogP) is 2.98. The van der Waals surface area contributed by atoms with Gasteiger partial charge in [-0.05, 0) is 56.3 Å². The summed E-state index contributed by atoms with van der Waals surface area (Å²) in [5.41, 5.74) is 2.69. The molecule has 0 spiro atoms.